The number of nitrogens with one attached hydrogen (secondary N) is 1. The van der Waals surface area contributed by atoms with Gasteiger partial charge in [-0.1, -0.05) is 62.4 Å². The largest absolute Gasteiger partial charge is 0.506 e. The molecule has 2 amide bonds. The van der Waals surface area contributed by atoms with Crippen molar-refractivity contribution in [1.29, 1.82) is 0 Å². The molecule has 0 spiro atoms. The minimum Gasteiger partial charge on any atom is -0.506 e. The van der Waals surface area contributed by atoms with Crippen LogP contribution in [-0.4, -0.2) is 47.2 Å². The van der Waals surface area contributed by atoms with E-state index < -0.39 is 0 Å². The standard InChI is InChI=1S/C26H34N2O4/c1-2-32-26(31)28-15-14-20(17-21(28)16-18-8-4-3-5-9-18)27-25(30)23-13-12-19-10-6-7-11-22(19)24(23)29/h6-7,10-13,18,20-21,29H,2-5,8-9,14-17H2,1H3,(H,27,30)/t20-,21+/m1/s1. The maximum Gasteiger partial charge on any atom is 0.409 e. The highest BCUT2D eigenvalue weighted by Crippen LogP contribution is 2.33. The van der Waals surface area contributed by atoms with Gasteiger partial charge in [0.2, 0.25) is 0 Å². The van der Waals surface area contributed by atoms with Crippen molar-refractivity contribution in [2.24, 2.45) is 5.92 Å². The molecule has 2 atom stereocenters. The van der Waals surface area contributed by atoms with E-state index in [1.54, 1.807) is 6.07 Å². The lowest BCUT2D eigenvalue weighted by Gasteiger charge is -2.41. The monoisotopic (exact) mass is 438 g/mol. The molecule has 1 aliphatic heterocycles. The molecule has 1 heterocycles. The van der Waals surface area contributed by atoms with E-state index in [1.807, 2.05) is 42.2 Å². The number of nitrogens with zero attached hydrogens (tertiary/aromatic N) is 1. The highest BCUT2D eigenvalue weighted by Gasteiger charge is 2.35. The summed E-state index contributed by atoms with van der Waals surface area (Å²) >= 11 is 0. The fourth-order valence-electron chi connectivity index (χ4n) is 5.36. The maximum absolute atomic E-state index is 13.0. The number of benzene rings is 2. The van der Waals surface area contributed by atoms with Gasteiger partial charge < -0.3 is 20.1 Å². The molecule has 6 nitrogen and oxygen atoms in total. The summed E-state index contributed by atoms with van der Waals surface area (Å²) in [6.45, 7) is 2.77. The first-order chi connectivity index (χ1) is 15.6. The smallest absolute Gasteiger partial charge is 0.409 e. The Hall–Kier alpha value is -2.76. The molecule has 0 radical (unpaired) electrons. The van der Waals surface area contributed by atoms with E-state index in [9.17, 15) is 14.7 Å². The van der Waals surface area contributed by atoms with Gasteiger partial charge in [0.05, 0.1) is 12.2 Å². The van der Waals surface area contributed by atoms with Crippen LogP contribution in [0.3, 0.4) is 0 Å². The van der Waals surface area contributed by atoms with Crippen LogP contribution < -0.4 is 5.32 Å². The zero-order chi connectivity index (χ0) is 22.5. The summed E-state index contributed by atoms with van der Waals surface area (Å²) < 4.78 is 5.31. The molecular weight excluding hydrogens is 404 g/mol. The Labute approximate surface area is 189 Å². The number of rotatable bonds is 5. The molecule has 32 heavy (non-hydrogen) atoms. The Morgan fingerprint density at radius 1 is 1.09 bits per heavy atom. The Morgan fingerprint density at radius 3 is 2.66 bits per heavy atom. The molecule has 1 saturated heterocycles. The maximum atomic E-state index is 13.0. The van der Waals surface area contributed by atoms with Crippen molar-refractivity contribution in [3.63, 3.8) is 0 Å². The Morgan fingerprint density at radius 2 is 1.88 bits per heavy atom. The highest BCUT2D eigenvalue weighted by molar-refractivity contribution is 6.03. The summed E-state index contributed by atoms with van der Waals surface area (Å²) in [5.41, 5.74) is 0.292. The summed E-state index contributed by atoms with van der Waals surface area (Å²) in [6.07, 6.45) is 8.38. The quantitative estimate of drug-likeness (QED) is 0.670. The first-order valence-corrected chi connectivity index (χ1v) is 12.0. The molecule has 2 aromatic carbocycles. The number of phenols is 1. The number of hydrogen-bond acceptors (Lipinski definition) is 4. The van der Waals surface area contributed by atoms with Crippen LogP contribution >= 0.6 is 0 Å². The van der Waals surface area contributed by atoms with Crippen LogP contribution in [-0.2, 0) is 4.74 Å². The number of phenolic OH excluding ortho intramolecular Hbond substituents is 1. The number of amides is 2. The van der Waals surface area contributed by atoms with E-state index >= 15 is 0 Å². The third-order valence-corrected chi connectivity index (χ3v) is 7.03. The summed E-state index contributed by atoms with van der Waals surface area (Å²) in [7, 11) is 0. The van der Waals surface area contributed by atoms with E-state index in [2.05, 4.69) is 5.32 Å². The summed E-state index contributed by atoms with van der Waals surface area (Å²) in [6, 6.07) is 11.1. The van der Waals surface area contributed by atoms with E-state index in [4.69, 9.17) is 4.74 Å². The van der Waals surface area contributed by atoms with Crippen molar-refractivity contribution >= 4 is 22.8 Å². The van der Waals surface area contributed by atoms with Crippen LogP contribution in [0, 0.1) is 5.92 Å². The molecular formula is C26H34N2O4. The van der Waals surface area contributed by atoms with E-state index in [0.29, 0.717) is 36.4 Å². The van der Waals surface area contributed by atoms with Crippen LogP contribution in [0.1, 0.15) is 68.6 Å². The van der Waals surface area contributed by atoms with Crippen molar-refractivity contribution in [2.45, 2.75) is 70.4 Å². The normalized spacial score (nSPS) is 22.0. The Kier molecular flexibility index (Phi) is 7.18. The Bertz CT molecular complexity index is 954. The van der Waals surface area contributed by atoms with Crippen molar-refractivity contribution in [3.8, 4) is 5.75 Å². The molecule has 2 aliphatic rings. The highest BCUT2D eigenvalue weighted by atomic mass is 16.6. The van der Waals surface area contributed by atoms with Gasteiger partial charge in [0.15, 0.2) is 0 Å². The van der Waals surface area contributed by atoms with Crippen molar-refractivity contribution < 1.29 is 19.4 Å². The van der Waals surface area contributed by atoms with Gasteiger partial charge in [0, 0.05) is 24.0 Å². The molecule has 1 saturated carbocycles. The summed E-state index contributed by atoms with van der Waals surface area (Å²) in [5, 5.41) is 15.4. The second-order valence-electron chi connectivity index (χ2n) is 9.16. The predicted molar refractivity (Wildman–Crippen MR) is 125 cm³/mol. The van der Waals surface area contributed by atoms with Gasteiger partial charge in [-0.05, 0) is 43.6 Å². The number of fused-ring (bicyclic) bond motifs is 1. The topological polar surface area (TPSA) is 78.9 Å². The third kappa shape index (κ3) is 5.00. The van der Waals surface area contributed by atoms with Gasteiger partial charge in [-0.3, -0.25) is 4.79 Å². The SMILES string of the molecule is CCOC(=O)N1CC[C@@H](NC(=O)c2ccc3ccccc3c2O)C[C@@H]1CC1CCCCC1. The molecule has 1 aliphatic carbocycles. The number of ether oxygens (including phenoxy) is 1. The lowest BCUT2D eigenvalue weighted by Crippen LogP contribution is -2.52. The third-order valence-electron chi connectivity index (χ3n) is 7.03. The van der Waals surface area contributed by atoms with E-state index in [0.717, 1.165) is 18.2 Å². The first-order valence-electron chi connectivity index (χ1n) is 12.0. The zero-order valence-electron chi connectivity index (χ0n) is 18.9. The van der Waals surface area contributed by atoms with Crippen LogP contribution in [0.15, 0.2) is 36.4 Å². The van der Waals surface area contributed by atoms with Gasteiger partial charge in [0.25, 0.3) is 5.91 Å². The molecule has 0 aromatic heterocycles. The molecule has 2 N–H and O–H groups in total. The van der Waals surface area contributed by atoms with Crippen LogP contribution in [0.4, 0.5) is 4.79 Å². The molecule has 0 bridgehead atoms. The van der Waals surface area contributed by atoms with Crippen LogP contribution in [0.5, 0.6) is 5.75 Å². The Balaban J connectivity index is 1.46. The predicted octanol–water partition coefficient (Wildman–Crippen LogP) is 5.24. The fourth-order valence-corrected chi connectivity index (χ4v) is 5.36. The second-order valence-corrected chi connectivity index (χ2v) is 9.16. The fraction of sp³-hybridized carbons (Fsp3) is 0.538. The molecule has 4 rings (SSSR count). The molecule has 2 aromatic rings. The van der Waals surface area contributed by atoms with Crippen molar-refractivity contribution in [2.75, 3.05) is 13.2 Å². The second kappa shape index (κ2) is 10.2. The lowest BCUT2D eigenvalue weighted by atomic mass is 9.82. The van der Waals surface area contributed by atoms with Crippen LogP contribution in [0.25, 0.3) is 10.8 Å². The number of piperidine rings is 1. The van der Waals surface area contributed by atoms with Gasteiger partial charge in [-0.25, -0.2) is 4.79 Å². The number of likely N-dealkylation sites (tertiary alicyclic amines) is 1. The van der Waals surface area contributed by atoms with Gasteiger partial charge >= 0.3 is 6.09 Å². The van der Waals surface area contributed by atoms with E-state index in [1.165, 1.54) is 32.1 Å². The van der Waals surface area contributed by atoms with Crippen LogP contribution in [0.2, 0.25) is 0 Å². The summed E-state index contributed by atoms with van der Waals surface area (Å²) in [5.74, 6) is 0.382. The number of carbonyl (C=O) groups is 2. The van der Waals surface area contributed by atoms with Gasteiger partial charge in [0.1, 0.15) is 5.75 Å². The number of aromatic hydroxyl groups is 1. The first kappa shape index (κ1) is 22.4. The van der Waals surface area contributed by atoms with Gasteiger partial charge in [-0.2, -0.15) is 0 Å². The van der Waals surface area contributed by atoms with Crippen molar-refractivity contribution in [3.05, 3.63) is 42.0 Å². The average Bonchev–Trinajstić information content (AvgIpc) is 2.80. The van der Waals surface area contributed by atoms with Gasteiger partial charge in [-0.15, -0.1) is 0 Å². The summed E-state index contributed by atoms with van der Waals surface area (Å²) in [4.78, 5) is 27.4. The minimum absolute atomic E-state index is 0.0170. The molecule has 172 valence electrons. The van der Waals surface area contributed by atoms with E-state index in [-0.39, 0.29) is 29.8 Å². The zero-order valence-corrected chi connectivity index (χ0v) is 18.9. The molecule has 0 unspecified atom stereocenters. The molecule has 6 heteroatoms. The number of carbonyl (C=O) groups excluding carboxylic acids is 2. The molecule has 2 fully saturated rings. The average molecular weight is 439 g/mol. The lowest BCUT2D eigenvalue weighted by molar-refractivity contribution is 0.0581. The number of hydrogen-bond donors (Lipinski definition) is 2. The minimum atomic E-state index is -0.265. The van der Waals surface area contributed by atoms with Crippen molar-refractivity contribution in [1.82, 2.24) is 10.2 Å².